The van der Waals surface area contributed by atoms with Gasteiger partial charge < -0.3 is 15.4 Å². The van der Waals surface area contributed by atoms with Crippen molar-refractivity contribution in [3.63, 3.8) is 0 Å². The van der Waals surface area contributed by atoms with Gasteiger partial charge in [0.1, 0.15) is 0 Å². The lowest BCUT2D eigenvalue weighted by Crippen LogP contribution is -2.37. The first-order valence-corrected chi connectivity index (χ1v) is 6.35. The van der Waals surface area contributed by atoms with Crippen LogP contribution in [-0.2, 0) is 0 Å². The molecule has 3 rings (SSSR count). The summed E-state index contributed by atoms with van der Waals surface area (Å²) < 4.78 is 0. The summed E-state index contributed by atoms with van der Waals surface area (Å²) >= 11 is 1.60. The van der Waals surface area contributed by atoms with Crippen LogP contribution in [0.1, 0.15) is 0 Å². The number of aromatic nitrogens is 1. The highest BCUT2D eigenvalue weighted by molar-refractivity contribution is 14.0. The van der Waals surface area contributed by atoms with E-state index >= 15 is 0 Å². The summed E-state index contributed by atoms with van der Waals surface area (Å²) in [6.45, 7) is 1.06. The van der Waals surface area contributed by atoms with Crippen LogP contribution in [0.4, 0.5) is 0 Å². The van der Waals surface area contributed by atoms with Crippen molar-refractivity contribution >= 4 is 51.8 Å². The molecule has 4 nitrogen and oxygen atoms in total. The highest BCUT2D eigenvalue weighted by atomic mass is 127. The highest BCUT2D eigenvalue weighted by Gasteiger charge is 2.14. The third-order valence-electron chi connectivity index (χ3n) is 2.69. The third kappa shape index (κ3) is 2.81. The molecule has 0 spiro atoms. The number of rotatable bonds is 1. The second kappa shape index (κ2) is 5.94. The number of para-hydroxylation sites is 1. The van der Waals surface area contributed by atoms with Crippen molar-refractivity contribution in [2.75, 3.05) is 13.1 Å². The predicted molar refractivity (Wildman–Crippen MR) is 85.9 cm³/mol. The van der Waals surface area contributed by atoms with Gasteiger partial charge in [0.05, 0.1) is 12.6 Å². The Bertz CT molecular complexity index is 569. The average Bonchev–Trinajstić information content (AvgIpc) is 2.76. The minimum Gasteiger partial charge on any atom is -0.389 e. The van der Waals surface area contributed by atoms with Crippen LogP contribution in [0.3, 0.4) is 0 Å². The number of thioether (sulfide) groups is 1. The van der Waals surface area contributed by atoms with E-state index in [0.29, 0.717) is 13.1 Å². The molecular formula is C12H14IN3OS. The largest absolute Gasteiger partial charge is 0.389 e. The molecule has 6 heteroatoms. The number of amidine groups is 1. The van der Waals surface area contributed by atoms with E-state index in [1.807, 2.05) is 18.3 Å². The SMILES string of the molecule is I.OC1CN=C(Sc2c[nH]c3ccccc23)NC1. The number of fused-ring (bicyclic) bond motifs is 1. The van der Waals surface area contributed by atoms with Crippen molar-refractivity contribution in [2.24, 2.45) is 4.99 Å². The number of nitrogens with one attached hydrogen (secondary N) is 2. The molecule has 0 amide bonds. The molecule has 0 aliphatic carbocycles. The van der Waals surface area contributed by atoms with Crippen LogP contribution < -0.4 is 5.32 Å². The van der Waals surface area contributed by atoms with Crippen molar-refractivity contribution in [1.29, 1.82) is 0 Å². The maximum atomic E-state index is 9.34. The lowest BCUT2D eigenvalue weighted by Gasteiger charge is -2.17. The minimum atomic E-state index is -0.359. The van der Waals surface area contributed by atoms with Crippen LogP contribution in [0.5, 0.6) is 0 Å². The maximum absolute atomic E-state index is 9.34. The number of benzene rings is 1. The van der Waals surface area contributed by atoms with Crippen LogP contribution >= 0.6 is 35.7 Å². The van der Waals surface area contributed by atoms with Crippen molar-refractivity contribution in [1.82, 2.24) is 10.3 Å². The van der Waals surface area contributed by atoms with Crippen LogP contribution in [-0.4, -0.2) is 34.5 Å². The standard InChI is InChI=1S/C12H13N3OS.HI/c16-8-5-14-12(15-6-8)17-11-7-13-10-4-2-1-3-9(10)11;/h1-4,7-8,13,16H,5-6H2,(H,14,15);1H. The number of aromatic amines is 1. The number of aliphatic hydroxyl groups excluding tert-OH is 1. The molecule has 0 fully saturated rings. The fourth-order valence-corrected chi connectivity index (χ4v) is 2.72. The molecular weight excluding hydrogens is 361 g/mol. The first-order valence-electron chi connectivity index (χ1n) is 5.53. The Morgan fingerprint density at radius 3 is 2.94 bits per heavy atom. The molecule has 2 aromatic rings. The molecule has 1 atom stereocenters. The van der Waals surface area contributed by atoms with E-state index < -0.39 is 0 Å². The number of H-pyrrole nitrogens is 1. The van der Waals surface area contributed by atoms with E-state index in [4.69, 9.17) is 0 Å². The molecule has 1 aliphatic rings. The zero-order valence-corrected chi connectivity index (χ0v) is 12.7. The topological polar surface area (TPSA) is 60.4 Å². The molecule has 0 saturated heterocycles. The molecule has 1 aromatic heterocycles. The van der Waals surface area contributed by atoms with Gasteiger partial charge in [-0.25, -0.2) is 0 Å². The predicted octanol–water partition coefficient (Wildman–Crippen LogP) is 2.20. The van der Waals surface area contributed by atoms with Gasteiger partial charge in [-0.2, -0.15) is 0 Å². The highest BCUT2D eigenvalue weighted by Crippen LogP contribution is 2.28. The van der Waals surface area contributed by atoms with Crippen molar-refractivity contribution in [2.45, 2.75) is 11.0 Å². The molecule has 18 heavy (non-hydrogen) atoms. The van der Waals surface area contributed by atoms with Crippen molar-refractivity contribution < 1.29 is 5.11 Å². The zero-order valence-electron chi connectivity index (χ0n) is 9.59. The van der Waals surface area contributed by atoms with Crippen LogP contribution in [0.25, 0.3) is 10.9 Å². The fourth-order valence-electron chi connectivity index (χ4n) is 1.82. The van der Waals surface area contributed by atoms with Gasteiger partial charge in [-0.1, -0.05) is 30.0 Å². The van der Waals surface area contributed by atoms with Gasteiger partial charge in [0.2, 0.25) is 0 Å². The van der Waals surface area contributed by atoms with E-state index in [9.17, 15) is 5.11 Å². The third-order valence-corrected chi connectivity index (χ3v) is 3.72. The molecule has 0 radical (unpaired) electrons. The van der Waals surface area contributed by atoms with E-state index in [1.54, 1.807) is 11.8 Å². The van der Waals surface area contributed by atoms with Gasteiger partial charge in [-0.3, -0.25) is 4.99 Å². The number of hydrogen-bond acceptors (Lipinski definition) is 4. The van der Waals surface area contributed by atoms with E-state index in [1.165, 1.54) is 5.39 Å². The van der Waals surface area contributed by atoms with Gasteiger partial charge in [-0.15, -0.1) is 24.0 Å². The number of halogens is 1. The molecule has 3 N–H and O–H groups in total. The lowest BCUT2D eigenvalue weighted by atomic mass is 10.2. The first kappa shape index (κ1) is 13.7. The van der Waals surface area contributed by atoms with Crippen LogP contribution in [0.2, 0.25) is 0 Å². The number of nitrogens with zero attached hydrogens (tertiary/aromatic N) is 1. The van der Waals surface area contributed by atoms with Gasteiger partial charge in [0.25, 0.3) is 0 Å². The van der Waals surface area contributed by atoms with Crippen molar-refractivity contribution in [3.8, 4) is 0 Å². The normalized spacial score (nSPS) is 18.9. The average molecular weight is 375 g/mol. The second-order valence-electron chi connectivity index (χ2n) is 3.98. The molecule has 1 unspecified atom stereocenters. The van der Waals surface area contributed by atoms with Gasteiger partial charge in [0.15, 0.2) is 5.17 Å². The molecule has 96 valence electrons. The number of hydrogen-bond donors (Lipinski definition) is 3. The summed E-state index contributed by atoms with van der Waals surface area (Å²) in [5.41, 5.74) is 1.13. The zero-order chi connectivity index (χ0) is 11.7. The van der Waals surface area contributed by atoms with E-state index in [2.05, 4.69) is 27.4 Å². The molecule has 0 saturated carbocycles. The summed E-state index contributed by atoms with van der Waals surface area (Å²) in [4.78, 5) is 8.69. The number of aliphatic imine (C=N–C) groups is 1. The van der Waals surface area contributed by atoms with Crippen molar-refractivity contribution in [3.05, 3.63) is 30.5 Å². The molecule has 1 aliphatic heterocycles. The first-order chi connectivity index (χ1) is 8.33. The Hall–Kier alpha value is -0.730. The van der Waals surface area contributed by atoms with E-state index in [-0.39, 0.29) is 30.1 Å². The Morgan fingerprint density at radius 1 is 1.33 bits per heavy atom. The Morgan fingerprint density at radius 2 is 2.17 bits per heavy atom. The summed E-state index contributed by atoms with van der Waals surface area (Å²) in [5, 5.41) is 14.5. The number of aliphatic hydroxyl groups is 1. The van der Waals surface area contributed by atoms with Crippen LogP contribution in [0, 0.1) is 0 Å². The second-order valence-corrected chi connectivity index (χ2v) is 5.01. The smallest absolute Gasteiger partial charge is 0.161 e. The Balaban J connectivity index is 0.00000120. The lowest BCUT2D eigenvalue weighted by molar-refractivity contribution is 0.182. The summed E-state index contributed by atoms with van der Waals surface area (Å²) in [6.07, 6.45) is 1.63. The Kier molecular flexibility index (Phi) is 4.52. The summed E-state index contributed by atoms with van der Waals surface area (Å²) in [5.74, 6) is 0. The molecule has 0 bridgehead atoms. The monoisotopic (exact) mass is 375 g/mol. The van der Waals surface area contributed by atoms with Crippen LogP contribution in [0.15, 0.2) is 40.4 Å². The molecule has 1 aromatic carbocycles. The van der Waals surface area contributed by atoms with Gasteiger partial charge in [-0.05, 0) is 6.07 Å². The Labute approximate surface area is 126 Å². The summed E-state index contributed by atoms with van der Waals surface area (Å²) in [7, 11) is 0. The van der Waals surface area contributed by atoms with E-state index in [0.717, 1.165) is 15.6 Å². The minimum absolute atomic E-state index is 0. The van der Waals surface area contributed by atoms with Gasteiger partial charge >= 0.3 is 0 Å². The summed E-state index contributed by atoms with van der Waals surface area (Å²) in [6, 6.07) is 8.19. The maximum Gasteiger partial charge on any atom is 0.161 e. The van der Waals surface area contributed by atoms with Gasteiger partial charge in [0, 0.05) is 28.5 Å². The number of β-amino-alcohol motifs (C(OH)–C–C–N with tert-alkyl or cyclic N) is 1. The fraction of sp³-hybridized carbons (Fsp3) is 0.250. The quantitative estimate of drug-likeness (QED) is 0.670. The molecule has 2 heterocycles.